The Morgan fingerprint density at radius 3 is 2.02 bits per heavy atom. The van der Waals surface area contributed by atoms with Gasteiger partial charge in [-0.05, 0) is 110 Å². The number of halogens is 1. The van der Waals surface area contributed by atoms with E-state index in [-0.39, 0.29) is 46.9 Å². The number of fused-ring (bicyclic) bond motifs is 15. The van der Waals surface area contributed by atoms with E-state index in [4.69, 9.17) is 51.5 Å². The van der Waals surface area contributed by atoms with Crippen molar-refractivity contribution in [2.45, 2.75) is 156 Å². The molecule has 11 bridgehead atoms. The van der Waals surface area contributed by atoms with Gasteiger partial charge in [0.15, 0.2) is 29.9 Å². The van der Waals surface area contributed by atoms with Gasteiger partial charge in [0.1, 0.15) is 89.5 Å². The molecule has 34 heteroatoms. The lowest BCUT2D eigenvalue weighted by Gasteiger charge is -2.47. The third kappa shape index (κ3) is 15.4. The number of hydrogen-bond acceptors (Lipinski definition) is 25. The van der Waals surface area contributed by atoms with E-state index in [1.165, 1.54) is 45.2 Å². The van der Waals surface area contributed by atoms with Gasteiger partial charge in [0, 0.05) is 34.7 Å². The zero-order chi connectivity index (χ0) is 72.7. The number of nitrogens with two attached hydrogens (primary N) is 2. The van der Waals surface area contributed by atoms with Crippen molar-refractivity contribution in [3.05, 3.63) is 118 Å². The molecule has 21 N–H and O–H groups in total. The lowest BCUT2D eigenvalue weighted by Crippen LogP contribution is -2.64. The van der Waals surface area contributed by atoms with E-state index in [1.807, 2.05) is 13.8 Å². The summed E-state index contributed by atoms with van der Waals surface area (Å²) in [7, 11) is 1.49. The third-order valence-electron chi connectivity index (χ3n) is 17.7. The molecular weight excluding hydrogens is 1340 g/mol. The number of aliphatic hydroxyl groups excluding tert-OH is 6. The molecule has 7 heterocycles. The van der Waals surface area contributed by atoms with E-state index in [1.54, 1.807) is 0 Å². The number of likely N-dealkylation sites (N-methyl/N-ethyl adjacent to an activating group) is 1. The summed E-state index contributed by atoms with van der Waals surface area (Å²) in [5.74, 6) is -15.4. The number of hydrogen-bond donors (Lipinski definition) is 19. The van der Waals surface area contributed by atoms with Crippen molar-refractivity contribution in [3.63, 3.8) is 0 Å². The van der Waals surface area contributed by atoms with Crippen molar-refractivity contribution in [1.82, 2.24) is 37.2 Å². The Morgan fingerprint density at radius 1 is 0.730 bits per heavy atom. The summed E-state index contributed by atoms with van der Waals surface area (Å²) in [4.78, 5) is 117. The highest BCUT2D eigenvalue weighted by Crippen LogP contribution is 2.49. The van der Waals surface area contributed by atoms with Crippen LogP contribution in [0.5, 0.6) is 46.0 Å². The molecule has 2 fully saturated rings. The number of aromatic hydroxyl groups is 3. The number of rotatable bonds is 13. The minimum Gasteiger partial charge on any atom is -0.508 e. The second-order valence-electron chi connectivity index (χ2n) is 25.6. The number of nitrogens with one attached hydrogen (secondary N) is 7. The number of ether oxygens (including phenoxy) is 6. The van der Waals surface area contributed by atoms with Gasteiger partial charge >= 0.3 is 5.97 Å². The Bertz CT molecular complexity index is 4000. The third-order valence-corrected chi connectivity index (χ3v) is 18.0. The van der Waals surface area contributed by atoms with Gasteiger partial charge in [-0.1, -0.05) is 49.7 Å². The fourth-order valence-electron chi connectivity index (χ4n) is 12.5. The lowest BCUT2D eigenvalue weighted by molar-refractivity contribution is -0.333. The van der Waals surface area contributed by atoms with Gasteiger partial charge in [-0.25, -0.2) is 4.79 Å². The van der Waals surface area contributed by atoms with Crippen LogP contribution >= 0.6 is 11.6 Å². The Hall–Kier alpha value is -9.49. The molecule has 7 aliphatic heterocycles. The number of phenolic OH excluding ortho intramolecular Hbond substituents is 3. The number of carbonyl (C=O) groups is 8. The van der Waals surface area contributed by atoms with E-state index in [9.17, 15) is 75.0 Å². The first-order valence-electron chi connectivity index (χ1n) is 31.5. The number of carbonyl (C=O) groups excluding carboxylic acids is 7. The molecule has 13 unspecified atom stereocenters. The summed E-state index contributed by atoms with van der Waals surface area (Å²) in [6.45, 7) is 5.72. The molecule has 5 aromatic carbocycles. The Balaban J connectivity index is 1.23. The maximum Gasteiger partial charge on any atom is 0.330 e. The number of amides is 7. The molecule has 33 nitrogen and oxygen atoms in total. The molecule has 12 rings (SSSR count). The van der Waals surface area contributed by atoms with Crippen LogP contribution in [0.4, 0.5) is 0 Å². The molecule has 0 saturated carbocycles. The van der Waals surface area contributed by atoms with Crippen LogP contribution < -0.4 is 62.9 Å². The predicted molar refractivity (Wildman–Crippen MR) is 344 cm³/mol. The van der Waals surface area contributed by atoms with Gasteiger partial charge in [0.25, 0.3) is 0 Å². The highest BCUT2D eigenvalue weighted by atomic mass is 35.5. The van der Waals surface area contributed by atoms with Gasteiger partial charge in [0.05, 0.1) is 36.3 Å². The summed E-state index contributed by atoms with van der Waals surface area (Å²) in [6.07, 6.45) is -18.2. The maximum absolute atomic E-state index is 16.0. The minimum absolute atomic E-state index is 0.0465. The van der Waals surface area contributed by atoms with Crippen LogP contribution in [0.3, 0.4) is 0 Å². The first kappa shape index (κ1) is 73.2. The molecule has 2 saturated heterocycles. The van der Waals surface area contributed by atoms with Crippen molar-refractivity contribution < 1.29 is 118 Å². The second kappa shape index (κ2) is 29.8. The molecule has 5 aromatic rings. The SMILES string of the molecule is CNC(CC(C)C)C(=O)NC1C(=O)NC(CC(N)=O)C(=O)NC2C(=O)NC3C(=O)NC(C(=O)NC(C(=O)O)c4cc(O)cc(O)c4-c4cc3ccc4O)C(O)c3ccc(c(Cl)c3)Oc3cc2cc(c3O[C@@H]2O[C@H](CO)[C@@H](O)[C@H](O)[C@H]2OC2CC(C)(N)C(O)C(C)O2)Oc2ccc(cc2)C1O. The lowest BCUT2D eigenvalue weighted by atomic mass is 9.86. The minimum atomic E-state index is -2.31. The maximum atomic E-state index is 16.0. The van der Waals surface area contributed by atoms with Gasteiger partial charge in [-0.3, -0.25) is 33.6 Å². The van der Waals surface area contributed by atoms with Gasteiger partial charge < -0.3 is 128 Å². The van der Waals surface area contributed by atoms with Gasteiger partial charge in [-0.2, -0.15) is 0 Å². The molecule has 0 radical (unpaired) electrons. The molecule has 0 spiro atoms. The summed E-state index contributed by atoms with van der Waals surface area (Å²) in [5, 5.41) is 131. The van der Waals surface area contributed by atoms with E-state index in [0.717, 1.165) is 60.7 Å². The van der Waals surface area contributed by atoms with Crippen LogP contribution in [-0.2, 0) is 52.6 Å². The number of aliphatic hydroxyl groups is 6. The molecule has 0 aliphatic carbocycles. The number of benzene rings is 5. The molecule has 7 amide bonds. The van der Waals surface area contributed by atoms with Crippen LogP contribution in [0.2, 0.25) is 5.02 Å². The molecule has 18 atom stereocenters. The number of carboxylic acid groups (broad SMARTS) is 1. The molecule has 100 heavy (non-hydrogen) atoms. The van der Waals surface area contributed by atoms with E-state index in [0.29, 0.717) is 0 Å². The van der Waals surface area contributed by atoms with Crippen molar-refractivity contribution in [2.24, 2.45) is 17.4 Å². The highest BCUT2D eigenvalue weighted by molar-refractivity contribution is 6.32. The summed E-state index contributed by atoms with van der Waals surface area (Å²) in [6, 6.07) is 1.27. The molecular formula is C66H76ClN9O24. The predicted octanol–water partition coefficient (Wildman–Crippen LogP) is -0.547. The number of primary amides is 1. The van der Waals surface area contributed by atoms with Crippen LogP contribution in [0, 0.1) is 5.92 Å². The Morgan fingerprint density at radius 2 is 1.38 bits per heavy atom. The summed E-state index contributed by atoms with van der Waals surface area (Å²) < 4.78 is 38.3. The van der Waals surface area contributed by atoms with Crippen LogP contribution in [0.25, 0.3) is 11.1 Å². The standard InChI is InChI=1S/C66H76ClN9O24/c1-24(2)14-35(70-5)58(87)75-49-51(82)26-6-10-31(11-7-26)96-40-17-29-18-41(55(40)100-65-56(54(85)53(84)42(23-77)98-65)99-44-22-66(4,69)57(86)25(3)95-44)97-39-13-9-28(16-34(39)67)52(83)50-63(92)74-48(64(93)94)33-19-30(78)20-38(80)45(33)32-15-27(8-12-37(32)79)46(60(89)76-50)73-61(90)47(29)72-59(88)36(21-43(68)81)71-62(49)91/h6-13,15-20,24-25,35-36,42,44,46-54,56-57,65,70,77-80,82-86H,14,21-23,69H2,1-5H3,(H2,68,81)(H,71,91)(H,72,88)(H,73,90)(H,74,92)(H,75,87)(H,76,89)(H,93,94)/t25?,35?,36?,42-,44?,46?,47?,48?,49?,50?,51?,52?,53-,54+,56-,57?,65+,66?/m1/s1. The smallest absolute Gasteiger partial charge is 0.330 e. The Labute approximate surface area is 574 Å². The van der Waals surface area contributed by atoms with E-state index < -0.39 is 231 Å². The second-order valence-corrected chi connectivity index (χ2v) is 26.0. The monoisotopic (exact) mass is 1410 g/mol. The van der Waals surface area contributed by atoms with Crippen LogP contribution in [0.15, 0.2) is 84.9 Å². The first-order chi connectivity index (χ1) is 47.2. The average Bonchev–Trinajstić information content (AvgIpc) is 0.769. The van der Waals surface area contributed by atoms with Crippen molar-refractivity contribution >= 4 is 58.9 Å². The number of phenols is 3. The Kier molecular flexibility index (Phi) is 21.8. The average molecular weight is 1410 g/mol. The van der Waals surface area contributed by atoms with E-state index >= 15 is 14.4 Å². The molecule has 536 valence electrons. The van der Waals surface area contributed by atoms with Gasteiger partial charge in [-0.15, -0.1) is 0 Å². The van der Waals surface area contributed by atoms with Crippen molar-refractivity contribution in [1.29, 1.82) is 0 Å². The normalized spacial score (nSPS) is 29.6. The fourth-order valence-corrected chi connectivity index (χ4v) is 12.7. The zero-order valence-electron chi connectivity index (χ0n) is 54.0. The first-order valence-corrected chi connectivity index (χ1v) is 31.9. The zero-order valence-corrected chi connectivity index (χ0v) is 54.8. The summed E-state index contributed by atoms with van der Waals surface area (Å²) >= 11 is 7.04. The number of carboxylic acids is 1. The van der Waals surface area contributed by atoms with Crippen molar-refractivity contribution in [3.8, 4) is 57.1 Å². The van der Waals surface area contributed by atoms with Crippen LogP contribution in [-0.4, -0.2) is 191 Å². The summed E-state index contributed by atoms with van der Waals surface area (Å²) in [5.41, 5.74) is 8.23. The van der Waals surface area contributed by atoms with Crippen molar-refractivity contribution in [2.75, 3.05) is 13.7 Å². The molecule has 7 aliphatic rings. The quantitative estimate of drug-likeness (QED) is 0.0703. The fraction of sp³-hybridized carbons (Fsp3) is 0.424. The topological polar surface area (TPSA) is 530 Å². The largest absolute Gasteiger partial charge is 0.508 e. The van der Waals surface area contributed by atoms with Crippen LogP contribution in [0.1, 0.15) is 105 Å². The van der Waals surface area contributed by atoms with E-state index in [2.05, 4.69) is 37.2 Å². The number of aliphatic carboxylic acids is 1. The van der Waals surface area contributed by atoms with Gasteiger partial charge in [0.2, 0.25) is 53.4 Å². The highest BCUT2D eigenvalue weighted by Gasteiger charge is 2.51. The molecule has 0 aromatic heterocycles.